The predicted molar refractivity (Wildman–Crippen MR) is 78.9 cm³/mol. The molecule has 0 amide bonds. The SMILES string of the molecule is CC1=CCCC(CCO[Si](C)(C)C(C)(C)C)C1. The van der Waals surface area contributed by atoms with Gasteiger partial charge in [-0.2, -0.15) is 0 Å². The van der Waals surface area contributed by atoms with Gasteiger partial charge in [0.1, 0.15) is 0 Å². The summed E-state index contributed by atoms with van der Waals surface area (Å²) in [6.45, 7) is 14.9. The van der Waals surface area contributed by atoms with Crippen LogP contribution in [0.25, 0.3) is 0 Å². The molecule has 0 aromatic rings. The molecule has 0 fully saturated rings. The molecular weight excluding hydrogens is 224 g/mol. The van der Waals surface area contributed by atoms with Crippen molar-refractivity contribution in [1.29, 1.82) is 0 Å². The quantitative estimate of drug-likeness (QED) is 0.498. The highest BCUT2D eigenvalue weighted by Crippen LogP contribution is 2.37. The second kappa shape index (κ2) is 5.70. The van der Waals surface area contributed by atoms with Crippen LogP contribution in [0.3, 0.4) is 0 Å². The van der Waals surface area contributed by atoms with Gasteiger partial charge in [-0.15, -0.1) is 0 Å². The van der Waals surface area contributed by atoms with E-state index in [0.717, 1.165) is 12.5 Å². The van der Waals surface area contributed by atoms with Gasteiger partial charge in [-0.05, 0) is 56.7 Å². The van der Waals surface area contributed by atoms with E-state index in [1.54, 1.807) is 5.57 Å². The average molecular weight is 254 g/mol. The van der Waals surface area contributed by atoms with Crippen LogP contribution in [-0.4, -0.2) is 14.9 Å². The molecule has 1 rings (SSSR count). The van der Waals surface area contributed by atoms with Crippen molar-refractivity contribution in [2.75, 3.05) is 6.61 Å². The molecule has 0 bridgehead atoms. The standard InChI is InChI=1S/C15H30OSi/c1-13-8-7-9-14(12-13)10-11-16-17(5,6)15(2,3)4/h8,14H,7,9-12H2,1-6H3. The van der Waals surface area contributed by atoms with E-state index < -0.39 is 8.32 Å². The van der Waals surface area contributed by atoms with Crippen LogP contribution in [-0.2, 0) is 4.43 Å². The Balaban J connectivity index is 2.31. The van der Waals surface area contributed by atoms with E-state index in [0.29, 0.717) is 5.04 Å². The third-order valence-electron chi connectivity index (χ3n) is 4.47. The Kier molecular flexibility index (Phi) is 5.03. The fourth-order valence-electron chi connectivity index (χ4n) is 2.15. The predicted octanol–water partition coefficient (Wildman–Crippen LogP) is 5.14. The van der Waals surface area contributed by atoms with Gasteiger partial charge in [0.25, 0.3) is 0 Å². The number of hydrogen-bond acceptors (Lipinski definition) is 1. The lowest BCUT2D eigenvalue weighted by Gasteiger charge is -2.36. The molecule has 0 aliphatic heterocycles. The molecule has 0 heterocycles. The lowest BCUT2D eigenvalue weighted by atomic mass is 9.87. The monoisotopic (exact) mass is 254 g/mol. The zero-order chi connectivity index (χ0) is 13.1. The Morgan fingerprint density at radius 2 is 2.00 bits per heavy atom. The van der Waals surface area contributed by atoms with E-state index in [9.17, 15) is 0 Å². The lowest BCUT2D eigenvalue weighted by molar-refractivity contribution is 0.248. The van der Waals surface area contributed by atoms with Gasteiger partial charge in [-0.1, -0.05) is 32.4 Å². The molecule has 0 aromatic heterocycles. The first-order valence-corrected chi connectivity index (χ1v) is 9.93. The van der Waals surface area contributed by atoms with E-state index >= 15 is 0 Å². The second-order valence-corrected chi connectivity index (χ2v) is 11.9. The maximum atomic E-state index is 6.25. The maximum Gasteiger partial charge on any atom is 0.191 e. The van der Waals surface area contributed by atoms with Crippen LogP contribution < -0.4 is 0 Å². The lowest BCUT2D eigenvalue weighted by Crippen LogP contribution is -2.41. The van der Waals surface area contributed by atoms with E-state index in [-0.39, 0.29) is 0 Å². The molecule has 0 spiro atoms. The topological polar surface area (TPSA) is 9.23 Å². The smallest absolute Gasteiger partial charge is 0.191 e. The Labute approximate surface area is 109 Å². The van der Waals surface area contributed by atoms with Crippen molar-refractivity contribution >= 4 is 8.32 Å². The fraction of sp³-hybridized carbons (Fsp3) is 0.867. The van der Waals surface area contributed by atoms with Crippen molar-refractivity contribution in [3.63, 3.8) is 0 Å². The number of hydrogen-bond donors (Lipinski definition) is 0. The third-order valence-corrected chi connectivity index (χ3v) is 9.01. The van der Waals surface area contributed by atoms with Crippen LogP contribution >= 0.6 is 0 Å². The second-order valence-electron chi connectivity index (χ2n) is 7.10. The summed E-state index contributed by atoms with van der Waals surface area (Å²) in [7, 11) is -1.52. The highest BCUT2D eigenvalue weighted by atomic mass is 28.4. The molecule has 0 radical (unpaired) electrons. The molecular formula is C15H30OSi. The normalized spacial score (nSPS) is 22.5. The Morgan fingerprint density at radius 1 is 1.35 bits per heavy atom. The van der Waals surface area contributed by atoms with Crippen molar-refractivity contribution < 1.29 is 4.43 Å². The number of rotatable bonds is 4. The fourth-order valence-corrected chi connectivity index (χ4v) is 3.21. The molecule has 1 nitrogen and oxygen atoms in total. The van der Waals surface area contributed by atoms with Gasteiger partial charge in [-0.3, -0.25) is 0 Å². The molecule has 0 N–H and O–H groups in total. The first-order valence-electron chi connectivity index (χ1n) is 7.02. The third kappa shape index (κ3) is 4.59. The van der Waals surface area contributed by atoms with Crippen LogP contribution in [0.1, 0.15) is 53.4 Å². The molecule has 100 valence electrons. The van der Waals surface area contributed by atoms with E-state index in [1.807, 2.05) is 0 Å². The van der Waals surface area contributed by atoms with Gasteiger partial charge in [0.15, 0.2) is 8.32 Å². The van der Waals surface area contributed by atoms with Crippen molar-refractivity contribution in [1.82, 2.24) is 0 Å². The Bertz CT molecular complexity index is 273. The highest BCUT2D eigenvalue weighted by Gasteiger charge is 2.37. The average Bonchev–Trinajstić information content (AvgIpc) is 2.15. The van der Waals surface area contributed by atoms with Gasteiger partial charge in [-0.25, -0.2) is 0 Å². The van der Waals surface area contributed by atoms with Crippen molar-refractivity contribution in [3.8, 4) is 0 Å². The van der Waals surface area contributed by atoms with Crippen molar-refractivity contribution in [3.05, 3.63) is 11.6 Å². The molecule has 17 heavy (non-hydrogen) atoms. The zero-order valence-corrected chi connectivity index (χ0v) is 13.6. The van der Waals surface area contributed by atoms with Crippen molar-refractivity contribution in [2.24, 2.45) is 5.92 Å². The molecule has 0 saturated heterocycles. The van der Waals surface area contributed by atoms with E-state index in [4.69, 9.17) is 4.43 Å². The first-order chi connectivity index (χ1) is 7.72. The molecule has 2 heteroatoms. The summed E-state index contributed by atoms with van der Waals surface area (Å²) < 4.78 is 6.25. The van der Waals surface area contributed by atoms with Gasteiger partial charge in [0, 0.05) is 6.61 Å². The first kappa shape index (κ1) is 15.0. The minimum atomic E-state index is -1.52. The van der Waals surface area contributed by atoms with Gasteiger partial charge in [0.2, 0.25) is 0 Å². The largest absolute Gasteiger partial charge is 0.417 e. The molecule has 1 unspecified atom stereocenters. The summed E-state index contributed by atoms with van der Waals surface area (Å²) in [5.41, 5.74) is 1.58. The van der Waals surface area contributed by atoms with Gasteiger partial charge >= 0.3 is 0 Å². The van der Waals surface area contributed by atoms with Crippen molar-refractivity contribution in [2.45, 2.75) is 71.5 Å². The summed E-state index contributed by atoms with van der Waals surface area (Å²) in [4.78, 5) is 0. The van der Waals surface area contributed by atoms with Crippen LogP contribution in [0.5, 0.6) is 0 Å². The van der Waals surface area contributed by atoms with Crippen LogP contribution in [0.2, 0.25) is 18.1 Å². The molecule has 1 atom stereocenters. The Hall–Kier alpha value is -0.0831. The molecule has 1 aliphatic carbocycles. The zero-order valence-electron chi connectivity index (χ0n) is 12.6. The Morgan fingerprint density at radius 3 is 2.53 bits per heavy atom. The molecule has 0 saturated carbocycles. The molecule has 0 aromatic carbocycles. The van der Waals surface area contributed by atoms with E-state index in [2.05, 4.69) is 46.9 Å². The number of allylic oxidation sites excluding steroid dienone is 2. The summed E-state index contributed by atoms with van der Waals surface area (Å²) >= 11 is 0. The van der Waals surface area contributed by atoms with Gasteiger partial charge < -0.3 is 4.43 Å². The minimum Gasteiger partial charge on any atom is -0.417 e. The summed E-state index contributed by atoms with van der Waals surface area (Å²) in [5, 5.41) is 0.343. The maximum absolute atomic E-state index is 6.25. The van der Waals surface area contributed by atoms with Crippen LogP contribution in [0.15, 0.2) is 11.6 Å². The molecule has 1 aliphatic rings. The summed E-state index contributed by atoms with van der Waals surface area (Å²) in [5.74, 6) is 0.866. The van der Waals surface area contributed by atoms with Crippen LogP contribution in [0.4, 0.5) is 0 Å². The van der Waals surface area contributed by atoms with Gasteiger partial charge in [0.05, 0.1) is 0 Å². The van der Waals surface area contributed by atoms with Crippen LogP contribution in [0, 0.1) is 5.92 Å². The van der Waals surface area contributed by atoms with E-state index in [1.165, 1.54) is 25.7 Å². The highest BCUT2D eigenvalue weighted by molar-refractivity contribution is 6.74. The summed E-state index contributed by atoms with van der Waals surface area (Å²) in [6, 6.07) is 0. The summed E-state index contributed by atoms with van der Waals surface area (Å²) in [6.07, 6.45) is 7.57. The minimum absolute atomic E-state index is 0.343.